The highest BCUT2D eigenvalue weighted by molar-refractivity contribution is 5.94. The van der Waals surface area contributed by atoms with Gasteiger partial charge >= 0.3 is 5.97 Å². The normalized spacial score (nSPS) is 9.94. The number of halogens is 1. The number of esters is 1. The monoisotopic (exact) mass is 253 g/mol. The van der Waals surface area contributed by atoms with Crippen molar-refractivity contribution in [1.29, 1.82) is 0 Å². The number of carbonyl (C=O) groups excluding carboxylic acids is 2. The minimum Gasteiger partial charge on any atom is -0.469 e. The van der Waals surface area contributed by atoms with Crippen LogP contribution in [-0.2, 0) is 9.53 Å². The summed E-state index contributed by atoms with van der Waals surface area (Å²) in [5, 5.41) is 2.56. The van der Waals surface area contributed by atoms with E-state index >= 15 is 0 Å². The Hall–Kier alpha value is -1.91. The van der Waals surface area contributed by atoms with Crippen molar-refractivity contribution in [2.24, 2.45) is 0 Å². The van der Waals surface area contributed by atoms with Gasteiger partial charge in [0, 0.05) is 13.0 Å². The van der Waals surface area contributed by atoms with Crippen LogP contribution in [0.2, 0.25) is 0 Å². The predicted octanol–water partition coefficient (Wildman–Crippen LogP) is 1.82. The second kappa shape index (κ2) is 6.74. The molecule has 0 aromatic heterocycles. The lowest BCUT2D eigenvalue weighted by Crippen LogP contribution is -2.26. The quantitative estimate of drug-likeness (QED) is 0.643. The number of amides is 1. The van der Waals surface area contributed by atoms with E-state index in [0.29, 0.717) is 18.5 Å². The molecule has 0 bridgehead atoms. The Labute approximate surface area is 105 Å². The summed E-state index contributed by atoms with van der Waals surface area (Å²) in [5.41, 5.74) is 0.449. The minimum absolute atomic E-state index is 0.0214. The Morgan fingerprint density at radius 2 is 2.11 bits per heavy atom. The molecule has 98 valence electrons. The van der Waals surface area contributed by atoms with E-state index in [9.17, 15) is 14.0 Å². The zero-order chi connectivity index (χ0) is 13.5. The Kier molecular flexibility index (Phi) is 5.30. The van der Waals surface area contributed by atoms with E-state index in [1.807, 2.05) is 0 Å². The maximum Gasteiger partial charge on any atom is 0.305 e. The van der Waals surface area contributed by atoms with Crippen molar-refractivity contribution < 1.29 is 18.7 Å². The van der Waals surface area contributed by atoms with Crippen LogP contribution in [-0.4, -0.2) is 25.5 Å². The first-order valence-corrected chi connectivity index (χ1v) is 5.66. The Morgan fingerprint density at radius 1 is 1.39 bits per heavy atom. The van der Waals surface area contributed by atoms with Gasteiger partial charge in [-0.15, -0.1) is 0 Å². The summed E-state index contributed by atoms with van der Waals surface area (Å²) in [6.45, 7) is 1.91. The van der Waals surface area contributed by atoms with Gasteiger partial charge < -0.3 is 10.1 Å². The largest absolute Gasteiger partial charge is 0.469 e. The molecular formula is C13H16FNO3. The highest BCUT2D eigenvalue weighted by Gasteiger charge is 2.12. The van der Waals surface area contributed by atoms with Gasteiger partial charge in [0.15, 0.2) is 0 Å². The third-order valence-electron chi connectivity index (χ3n) is 2.51. The van der Waals surface area contributed by atoms with E-state index in [0.717, 1.165) is 0 Å². The summed E-state index contributed by atoms with van der Waals surface area (Å²) >= 11 is 0. The second-order valence-corrected chi connectivity index (χ2v) is 3.87. The third-order valence-corrected chi connectivity index (χ3v) is 2.51. The first-order valence-electron chi connectivity index (χ1n) is 5.66. The maximum absolute atomic E-state index is 13.6. The van der Waals surface area contributed by atoms with Crippen LogP contribution in [0, 0.1) is 12.7 Å². The number of hydrogen-bond acceptors (Lipinski definition) is 3. The molecule has 0 radical (unpaired) electrons. The average Bonchev–Trinajstić information content (AvgIpc) is 2.37. The molecule has 0 spiro atoms. The number of aryl methyl sites for hydroxylation is 1. The van der Waals surface area contributed by atoms with Gasteiger partial charge in [-0.1, -0.05) is 12.1 Å². The topological polar surface area (TPSA) is 55.4 Å². The van der Waals surface area contributed by atoms with Crippen molar-refractivity contribution in [2.45, 2.75) is 19.8 Å². The van der Waals surface area contributed by atoms with Gasteiger partial charge in [0.1, 0.15) is 5.82 Å². The fourth-order valence-corrected chi connectivity index (χ4v) is 1.45. The van der Waals surface area contributed by atoms with Crippen molar-refractivity contribution in [2.75, 3.05) is 13.7 Å². The van der Waals surface area contributed by atoms with Gasteiger partial charge in [-0.05, 0) is 25.0 Å². The van der Waals surface area contributed by atoms with Gasteiger partial charge in [0.25, 0.3) is 5.91 Å². The number of nitrogens with one attached hydrogen (secondary N) is 1. The summed E-state index contributed by atoms with van der Waals surface area (Å²) in [6.07, 6.45) is 0.693. The molecule has 0 saturated heterocycles. The first kappa shape index (κ1) is 14.2. The fraction of sp³-hybridized carbons (Fsp3) is 0.385. The standard InChI is InChI=1S/C13H16FNO3/c1-9-5-3-6-10(12(9)14)13(17)15-8-4-7-11(16)18-2/h3,5-6H,4,7-8H2,1-2H3,(H,15,17). The summed E-state index contributed by atoms with van der Waals surface area (Å²) in [7, 11) is 1.31. The molecule has 1 N–H and O–H groups in total. The molecular weight excluding hydrogens is 237 g/mol. The zero-order valence-corrected chi connectivity index (χ0v) is 10.5. The number of methoxy groups -OCH3 is 1. The van der Waals surface area contributed by atoms with E-state index in [1.54, 1.807) is 19.1 Å². The molecule has 0 saturated carbocycles. The Bertz CT molecular complexity index is 446. The Balaban J connectivity index is 2.46. The highest BCUT2D eigenvalue weighted by atomic mass is 19.1. The van der Waals surface area contributed by atoms with Gasteiger partial charge in [-0.25, -0.2) is 4.39 Å². The lowest BCUT2D eigenvalue weighted by molar-refractivity contribution is -0.140. The van der Waals surface area contributed by atoms with Crippen molar-refractivity contribution in [3.05, 3.63) is 35.1 Å². The summed E-state index contributed by atoms with van der Waals surface area (Å²) < 4.78 is 18.1. The van der Waals surface area contributed by atoms with Crippen molar-refractivity contribution in [1.82, 2.24) is 5.32 Å². The molecule has 0 aliphatic carbocycles. The molecule has 1 aromatic carbocycles. The van der Waals surface area contributed by atoms with Gasteiger partial charge in [0.05, 0.1) is 12.7 Å². The van der Waals surface area contributed by atoms with E-state index in [-0.39, 0.29) is 18.0 Å². The molecule has 0 atom stereocenters. The van der Waals surface area contributed by atoms with E-state index < -0.39 is 11.7 Å². The van der Waals surface area contributed by atoms with Crippen LogP contribution < -0.4 is 5.32 Å². The van der Waals surface area contributed by atoms with Gasteiger partial charge in [0.2, 0.25) is 0 Å². The average molecular weight is 253 g/mol. The number of carbonyl (C=O) groups is 2. The molecule has 0 aliphatic rings. The van der Waals surface area contributed by atoms with Crippen LogP contribution in [0.25, 0.3) is 0 Å². The number of hydrogen-bond donors (Lipinski definition) is 1. The third kappa shape index (κ3) is 3.84. The molecule has 0 heterocycles. The molecule has 0 fully saturated rings. The predicted molar refractivity (Wildman–Crippen MR) is 64.7 cm³/mol. The maximum atomic E-state index is 13.6. The first-order chi connectivity index (χ1) is 8.56. The zero-order valence-electron chi connectivity index (χ0n) is 10.5. The van der Waals surface area contributed by atoms with Crippen molar-refractivity contribution in [3.8, 4) is 0 Å². The van der Waals surface area contributed by atoms with Crippen LogP contribution in [0.4, 0.5) is 4.39 Å². The smallest absolute Gasteiger partial charge is 0.305 e. The van der Waals surface area contributed by atoms with Crippen molar-refractivity contribution in [3.63, 3.8) is 0 Å². The lowest BCUT2D eigenvalue weighted by atomic mass is 10.1. The fourth-order valence-electron chi connectivity index (χ4n) is 1.45. The number of rotatable bonds is 5. The number of ether oxygens (including phenoxy) is 1. The number of benzene rings is 1. The van der Waals surface area contributed by atoms with Gasteiger partial charge in [-0.2, -0.15) is 0 Å². The molecule has 18 heavy (non-hydrogen) atoms. The summed E-state index contributed by atoms with van der Waals surface area (Å²) in [6, 6.07) is 4.66. The molecule has 1 aromatic rings. The van der Waals surface area contributed by atoms with Crippen LogP contribution in [0.15, 0.2) is 18.2 Å². The minimum atomic E-state index is -0.511. The second-order valence-electron chi connectivity index (χ2n) is 3.87. The van der Waals surface area contributed by atoms with Crippen molar-refractivity contribution >= 4 is 11.9 Å². The molecule has 5 heteroatoms. The van der Waals surface area contributed by atoms with Crippen LogP contribution >= 0.6 is 0 Å². The molecule has 1 rings (SSSR count). The lowest BCUT2D eigenvalue weighted by Gasteiger charge is -2.07. The van der Waals surface area contributed by atoms with E-state index in [4.69, 9.17) is 0 Å². The van der Waals surface area contributed by atoms with E-state index in [2.05, 4.69) is 10.1 Å². The molecule has 0 aliphatic heterocycles. The summed E-state index contributed by atoms with van der Waals surface area (Å²) in [5.74, 6) is -1.31. The molecule has 4 nitrogen and oxygen atoms in total. The van der Waals surface area contributed by atoms with Gasteiger partial charge in [-0.3, -0.25) is 9.59 Å². The van der Waals surface area contributed by atoms with Crippen LogP contribution in [0.1, 0.15) is 28.8 Å². The summed E-state index contributed by atoms with van der Waals surface area (Å²) in [4.78, 5) is 22.5. The SMILES string of the molecule is COC(=O)CCCNC(=O)c1cccc(C)c1F. The van der Waals surface area contributed by atoms with E-state index in [1.165, 1.54) is 13.2 Å². The Morgan fingerprint density at radius 3 is 2.78 bits per heavy atom. The molecule has 0 unspecified atom stereocenters. The van der Waals surface area contributed by atoms with Crippen LogP contribution in [0.5, 0.6) is 0 Å². The molecule has 1 amide bonds. The highest BCUT2D eigenvalue weighted by Crippen LogP contribution is 2.11. The van der Waals surface area contributed by atoms with Crippen LogP contribution in [0.3, 0.4) is 0 Å².